The predicted molar refractivity (Wildman–Crippen MR) is 206 cm³/mol. The van der Waals surface area contributed by atoms with Crippen LogP contribution >= 0.6 is 0 Å². The van der Waals surface area contributed by atoms with Crippen molar-refractivity contribution in [2.24, 2.45) is 0 Å². The molecule has 6 bridgehead atoms. The summed E-state index contributed by atoms with van der Waals surface area (Å²) in [5, 5.41) is 177. The number of rotatable bonds is 0. The zero-order chi connectivity index (χ0) is 48.7. The number of carbonyl (C=O) groups is 5. The summed E-state index contributed by atoms with van der Waals surface area (Å²) in [5.41, 5.74) is -14.9. The van der Waals surface area contributed by atoms with E-state index in [1.165, 1.54) is 0 Å². The Morgan fingerprint density at radius 1 is 0.343 bits per heavy atom. The molecule has 5 aromatic carbocycles. The summed E-state index contributed by atoms with van der Waals surface area (Å²) in [7, 11) is 0. The highest BCUT2D eigenvalue weighted by molar-refractivity contribution is 6.16. The quantitative estimate of drug-likeness (QED) is 0.0591. The number of cyclic esters (lactones) is 1. The van der Waals surface area contributed by atoms with Gasteiger partial charge < -0.3 is 105 Å². The van der Waals surface area contributed by atoms with Crippen LogP contribution in [0.25, 0.3) is 33.4 Å². The molecule has 26 heteroatoms. The van der Waals surface area contributed by atoms with Crippen LogP contribution in [0.5, 0.6) is 86.2 Å². The lowest BCUT2D eigenvalue weighted by molar-refractivity contribution is -0.154. The van der Waals surface area contributed by atoms with Gasteiger partial charge in [-0.1, -0.05) is 0 Å². The van der Waals surface area contributed by atoms with Crippen LogP contribution in [0.3, 0.4) is 0 Å². The van der Waals surface area contributed by atoms with Crippen molar-refractivity contribution in [2.75, 3.05) is 6.61 Å². The van der Waals surface area contributed by atoms with Gasteiger partial charge in [-0.25, -0.2) is 24.0 Å². The fraction of sp³-hybridized carbons (Fsp3) is 0.146. The molecule has 0 spiro atoms. The Labute approximate surface area is 367 Å². The Balaban J connectivity index is 1.44. The average Bonchev–Trinajstić information content (AvgIpc) is 3.30. The fourth-order valence-electron chi connectivity index (χ4n) is 8.39. The van der Waals surface area contributed by atoms with E-state index >= 15 is 0 Å². The van der Waals surface area contributed by atoms with Crippen LogP contribution in [0.2, 0.25) is 0 Å². The summed E-state index contributed by atoms with van der Waals surface area (Å²) in [6.45, 7) is -1.51. The summed E-state index contributed by atoms with van der Waals surface area (Å²) < 4.78 is 27.8. The van der Waals surface area contributed by atoms with E-state index in [1.54, 1.807) is 0 Å². The van der Waals surface area contributed by atoms with Crippen LogP contribution in [0.4, 0.5) is 0 Å². The molecule has 0 fully saturated rings. The second-order valence-electron chi connectivity index (χ2n) is 15.0. The maximum Gasteiger partial charge on any atom is 0.340 e. The van der Waals surface area contributed by atoms with E-state index in [4.69, 9.17) is 23.7 Å². The van der Waals surface area contributed by atoms with Gasteiger partial charge in [0.25, 0.3) is 0 Å². The normalized spacial score (nSPS) is 20.6. The summed E-state index contributed by atoms with van der Waals surface area (Å²) in [4.78, 5) is 72.4. The van der Waals surface area contributed by atoms with Crippen LogP contribution in [-0.2, 0) is 23.7 Å². The summed E-state index contributed by atoms with van der Waals surface area (Å²) in [5.74, 6) is -32.1. The van der Waals surface area contributed by atoms with Crippen LogP contribution in [0, 0.1) is 0 Å². The molecule has 0 saturated heterocycles. The van der Waals surface area contributed by atoms with Gasteiger partial charge >= 0.3 is 29.8 Å². The number of aliphatic hydroxyl groups excluding tert-OH is 1. The zero-order valence-electron chi connectivity index (χ0n) is 32.6. The number of phenolic OH excluding ortho intramolecular Hbond substituents is 15. The Morgan fingerprint density at radius 3 is 1.21 bits per heavy atom. The topological polar surface area (TPSA) is 455 Å². The van der Waals surface area contributed by atoms with E-state index in [2.05, 4.69) is 0 Å². The number of benzene rings is 5. The summed E-state index contributed by atoms with van der Waals surface area (Å²) >= 11 is 0. The molecule has 0 amide bonds. The zero-order valence-corrected chi connectivity index (χ0v) is 32.6. The molecule has 5 aromatic rings. The molecule has 0 saturated carbocycles. The van der Waals surface area contributed by atoms with E-state index in [0.29, 0.717) is 18.2 Å². The minimum Gasteiger partial charge on any atom is -0.504 e. The predicted octanol–water partition coefficient (Wildman–Crippen LogP) is 1.32. The molecule has 10 rings (SSSR count). The Kier molecular flexibility index (Phi) is 9.05. The molecule has 26 nitrogen and oxygen atoms in total. The number of aliphatic hydroxyl groups is 1. The highest BCUT2D eigenvalue weighted by Crippen LogP contribution is 2.62. The van der Waals surface area contributed by atoms with Gasteiger partial charge in [-0.05, 0) is 18.2 Å². The minimum atomic E-state index is -2.79. The molecule has 16 N–H and O–H groups in total. The lowest BCUT2D eigenvalue weighted by Crippen LogP contribution is -2.56. The van der Waals surface area contributed by atoms with Crippen molar-refractivity contribution in [1.29, 1.82) is 0 Å². The molecule has 5 aliphatic rings. The van der Waals surface area contributed by atoms with Gasteiger partial charge in [0.15, 0.2) is 81.9 Å². The first-order valence-electron chi connectivity index (χ1n) is 18.6. The average molecular weight is 935 g/mol. The number of fused-ring (bicyclic) bond motifs is 7. The van der Waals surface area contributed by atoms with E-state index in [0.717, 1.165) is 0 Å². The Bertz CT molecular complexity index is 3190. The lowest BCUT2D eigenvalue weighted by atomic mass is 9.80. The number of phenols is 15. The highest BCUT2D eigenvalue weighted by atomic mass is 16.6. The van der Waals surface area contributed by atoms with Crippen molar-refractivity contribution >= 4 is 29.8 Å². The van der Waals surface area contributed by atoms with E-state index in [9.17, 15) is 106 Å². The van der Waals surface area contributed by atoms with Gasteiger partial charge in [0.2, 0.25) is 28.7 Å². The molecular weight excluding hydrogens is 908 g/mol. The maximum absolute atomic E-state index is 15.0. The van der Waals surface area contributed by atoms with Crippen molar-refractivity contribution in [3.8, 4) is 120 Å². The Hall–Kier alpha value is -9.59. The SMILES string of the molecule is O=C1OC[C@@H]2OC(=O)c3cc(O)c(O)c(O)c3-c3c(O)c(O)c(O)c4c3C(=O)O[C@@H]([C@H]2OC(=O)c2cc(O)c(O)c(O)c2-c2c1cc(O)c(O)c2O)[C@H]1OC(=O)c2c-4c(O)c(O)c(O)c2[C@@H]1O. The number of aromatic hydroxyl groups is 15. The van der Waals surface area contributed by atoms with Crippen molar-refractivity contribution in [3.63, 3.8) is 0 Å². The van der Waals surface area contributed by atoms with E-state index < -0.39 is 220 Å². The van der Waals surface area contributed by atoms with Gasteiger partial charge in [-0.2, -0.15) is 0 Å². The third-order valence-electron chi connectivity index (χ3n) is 11.4. The summed E-state index contributed by atoms with van der Waals surface area (Å²) in [6, 6.07) is 1.07. The van der Waals surface area contributed by atoms with Crippen LogP contribution in [0.1, 0.15) is 63.5 Å². The van der Waals surface area contributed by atoms with Crippen molar-refractivity contribution < 1.29 is 129 Å². The number of carbonyl (C=O) groups excluding carboxylic acids is 5. The number of hydrogen-bond acceptors (Lipinski definition) is 26. The molecule has 5 heterocycles. The van der Waals surface area contributed by atoms with Gasteiger partial charge in [-0.3, -0.25) is 0 Å². The van der Waals surface area contributed by atoms with Gasteiger partial charge in [0.05, 0.1) is 27.8 Å². The first kappa shape index (κ1) is 42.7. The Morgan fingerprint density at radius 2 is 0.701 bits per heavy atom. The molecule has 0 aliphatic carbocycles. The van der Waals surface area contributed by atoms with Crippen LogP contribution < -0.4 is 0 Å². The third-order valence-corrected chi connectivity index (χ3v) is 11.4. The van der Waals surface area contributed by atoms with Gasteiger partial charge in [0.1, 0.15) is 12.7 Å². The molecule has 0 radical (unpaired) electrons. The second kappa shape index (κ2) is 14.2. The standard InChI is InChI=1S/C41H26O26/c42-8-1-5-12(24(48)21(8)45)13-6(2-9(43)22(46)25(13)49)39(60)65-34-11(4-63-37(5)58)64-38(59)7-3-10(44)23(47)26(50)14(7)15-18-16(28(52)32(56)27(15)51)17-19-20(30(54)33(57)29(17)53)31(55)35(66-41(19)62)36(34)67-40(18)61/h1-3,11,31,34-36,42-57H,4H2/t11-,31-,34-,35-,36-/m0/s1. The fourth-order valence-corrected chi connectivity index (χ4v) is 8.39. The smallest absolute Gasteiger partial charge is 0.340 e. The monoisotopic (exact) mass is 934 g/mol. The van der Waals surface area contributed by atoms with Gasteiger partial charge in [0, 0.05) is 38.9 Å². The number of ether oxygens (including phenoxy) is 5. The molecular formula is C41H26O26. The van der Waals surface area contributed by atoms with E-state index in [1.807, 2.05) is 0 Å². The largest absolute Gasteiger partial charge is 0.504 e. The lowest BCUT2D eigenvalue weighted by Gasteiger charge is -2.40. The first-order chi connectivity index (χ1) is 31.5. The highest BCUT2D eigenvalue weighted by Gasteiger charge is 2.55. The molecule has 346 valence electrons. The van der Waals surface area contributed by atoms with Gasteiger partial charge in [-0.15, -0.1) is 0 Å². The first-order valence-corrected chi connectivity index (χ1v) is 18.6. The minimum absolute atomic E-state index is 0.323. The molecule has 5 atom stereocenters. The second-order valence-corrected chi connectivity index (χ2v) is 15.0. The van der Waals surface area contributed by atoms with E-state index in [-0.39, 0.29) is 0 Å². The van der Waals surface area contributed by atoms with Crippen LogP contribution in [-0.4, -0.2) is 143 Å². The number of esters is 5. The number of hydrogen-bond donors (Lipinski definition) is 16. The summed E-state index contributed by atoms with van der Waals surface area (Å²) in [6.07, 6.45) is -13.4. The maximum atomic E-state index is 15.0. The molecule has 0 unspecified atom stereocenters. The van der Waals surface area contributed by atoms with Crippen molar-refractivity contribution in [1.82, 2.24) is 0 Å². The molecule has 67 heavy (non-hydrogen) atoms. The third kappa shape index (κ3) is 5.68. The van der Waals surface area contributed by atoms with Crippen molar-refractivity contribution in [2.45, 2.75) is 30.5 Å². The molecule has 0 aromatic heterocycles. The molecule has 5 aliphatic heterocycles. The van der Waals surface area contributed by atoms with Crippen LogP contribution in [0.15, 0.2) is 18.2 Å². The van der Waals surface area contributed by atoms with Crippen molar-refractivity contribution in [3.05, 3.63) is 51.6 Å².